The predicted molar refractivity (Wildman–Crippen MR) is 76.8 cm³/mol. The Morgan fingerprint density at radius 3 is 2.48 bits per heavy atom. The number of carbonyl (C=O) groups is 1. The lowest BCUT2D eigenvalue weighted by atomic mass is 9.86. The number of aliphatic hydroxyl groups is 3. The first-order valence-corrected chi connectivity index (χ1v) is 7.78. The normalized spacial score (nSPS) is 33.1. The molecule has 2 aliphatic carbocycles. The van der Waals surface area contributed by atoms with Gasteiger partial charge in [-0.05, 0) is 30.9 Å². The summed E-state index contributed by atoms with van der Waals surface area (Å²) in [6.07, 6.45) is -0.0934. The van der Waals surface area contributed by atoms with Gasteiger partial charge in [-0.25, -0.2) is 0 Å². The molecule has 0 aromatic heterocycles. The number of halogens is 2. The van der Waals surface area contributed by atoms with Crippen LogP contribution in [-0.2, 0) is 9.53 Å². The third-order valence-corrected chi connectivity index (χ3v) is 4.50. The van der Waals surface area contributed by atoms with Crippen LogP contribution in [0.4, 0.5) is 8.78 Å². The Bertz CT molecular complexity index is 436. The first-order valence-electron chi connectivity index (χ1n) is 7.78. The first-order chi connectivity index (χ1) is 10.9. The van der Waals surface area contributed by atoms with Crippen molar-refractivity contribution < 1.29 is 33.6 Å². The van der Waals surface area contributed by atoms with Gasteiger partial charge < -0.3 is 25.4 Å². The predicted octanol–water partition coefficient (Wildman–Crippen LogP) is -0.0342. The summed E-state index contributed by atoms with van der Waals surface area (Å²) in [7, 11) is 0. The zero-order valence-corrected chi connectivity index (χ0v) is 12.7. The highest BCUT2D eigenvalue weighted by atomic mass is 19.3. The fraction of sp³-hybridized carbons (Fsp3) is 0.800. The van der Waals surface area contributed by atoms with E-state index in [0.29, 0.717) is 19.4 Å². The van der Waals surface area contributed by atoms with Crippen LogP contribution < -0.4 is 5.32 Å². The zero-order chi connectivity index (χ0) is 17.0. The van der Waals surface area contributed by atoms with Gasteiger partial charge in [0.2, 0.25) is 0 Å². The third-order valence-electron chi connectivity index (χ3n) is 4.50. The molecule has 2 rings (SSSR count). The highest BCUT2D eigenvalue weighted by Gasteiger charge is 2.37. The number of hydrogen-bond donors (Lipinski definition) is 4. The van der Waals surface area contributed by atoms with E-state index in [1.165, 1.54) is 6.08 Å². The minimum atomic E-state index is -2.97. The summed E-state index contributed by atoms with van der Waals surface area (Å²) < 4.78 is 28.4. The Kier molecular flexibility index (Phi) is 6.60. The number of alkyl halides is 2. The Labute approximate surface area is 133 Å². The monoisotopic (exact) mass is 335 g/mol. The van der Waals surface area contributed by atoms with Crippen molar-refractivity contribution in [1.82, 2.24) is 5.32 Å². The summed E-state index contributed by atoms with van der Waals surface area (Å²) in [6, 6.07) is -0.665. The number of hydrogen-bond acceptors (Lipinski definition) is 6. The van der Waals surface area contributed by atoms with Gasteiger partial charge in [-0.3, -0.25) is 4.79 Å². The van der Waals surface area contributed by atoms with Crippen molar-refractivity contribution in [3.63, 3.8) is 0 Å². The van der Waals surface area contributed by atoms with Crippen molar-refractivity contribution in [3.05, 3.63) is 11.6 Å². The Hall–Kier alpha value is -0.930. The number of ether oxygens (including phenoxy) is 1. The smallest absolute Gasteiger partial charge is 0.345 e. The highest BCUT2D eigenvalue weighted by Crippen LogP contribution is 2.24. The van der Waals surface area contributed by atoms with Crippen molar-refractivity contribution in [3.8, 4) is 0 Å². The van der Waals surface area contributed by atoms with Crippen LogP contribution in [0.15, 0.2) is 11.6 Å². The van der Waals surface area contributed by atoms with Gasteiger partial charge in [0, 0.05) is 12.8 Å². The molecule has 2 aliphatic rings. The molecule has 1 fully saturated rings. The minimum Gasteiger partial charge on any atom is -0.388 e. The molecule has 0 heterocycles. The van der Waals surface area contributed by atoms with Gasteiger partial charge in [-0.1, -0.05) is 6.08 Å². The molecule has 8 heteroatoms. The zero-order valence-electron chi connectivity index (χ0n) is 12.7. The lowest BCUT2D eigenvalue weighted by Crippen LogP contribution is -2.54. The molecule has 23 heavy (non-hydrogen) atoms. The minimum absolute atomic E-state index is 0.111. The van der Waals surface area contributed by atoms with Gasteiger partial charge in [-0.2, -0.15) is 8.78 Å². The van der Waals surface area contributed by atoms with E-state index < -0.39 is 37.6 Å². The van der Waals surface area contributed by atoms with Crippen LogP contribution in [0.5, 0.6) is 0 Å². The first kappa shape index (κ1) is 18.4. The summed E-state index contributed by atoms with van der Waals surface area (Å²) in [5, 5.41) is 32.8. The SMILES string of the molecule is O=C1CCC(CN[C@@H]2C=C(COC(F)F)[C@H](O)[C@H](O)[C@H]2O)CC1. The van der Waals surface area contributed by atoms with Gasteiger partial charge in [0.25, 0.3) is 0 Å². The van der Waals surface area contributed by atoms with E-state index >= 15 is 0 Å². The third kappa shape index (κ3) is 5.02. The molecule has 0 saturated heterocycles. The maximum atomic E-state index is 12.1. The van der Waals surface area contributed by atoms with Gasteiger partial charge in [-0.15, -0.1) is 0 Å². The molecular formula is C15H23F2NO5. The van der Waals surface area contributed by atoms with E-state index in [1.54, 1.807) is 0 Å². The van der Waals surface area contributed by atoms with E-state index in [-0.39, 0.29) is 17.3 Å². The molecule has 0 spiro atoms. The molecule has 6 nitrogen and oxygen atoms in total. The number of aliphatic hydroxyl groups excluding tert-OH is 3. The summed E-state index contributed by atoms with van der Waals surface area (Å²) in [5.41, 5.74) is 0.111. The maximum absolute atomic E-state index is 12.1. The average molecular weight is 335 g/mol. The molecule has 0 unspecified atom stereocenters. The van der Waals surface area contributed by atoms with Crippen molar-refractivity contribution >= 4 is 5.78 Å². The number of nitrogens with one attached hydrogen (secondary N) is 1. The van der Waals surface area contributed by atoms with Gasteiger partial charge in [0.15, 0.2) is 0 Å². The molecule has 132 valence electrons. The van der Waals surface area contributed by atoms with E-state index in [9.17, 15) is 28.9 Å². The molecule has 0 aromatic rings. The lowest BCUT2D eigenvalue weighted by Gasteiger charge is -2.36. The van der Waals surface area contributed by atoms with E-state index in [0.717, 1.165) is 12.8 Å². The summed E-state index contributed by atoms with van der Waals surface area (Å²) in [4.78, 5) is 11.2. The average Bonchev–Trinajstić information content (AvgIpc) is 2.52. The fourth-order valence-electron chi connectivity index (χ4n) is 3.03. The van der Waals surface area contributed by atoms with Gasteiger partial charge >= 0.3 is 6.61 Å². The van der Waals surface area contributed by atoms with Crippen LogP contribution in [-0.4, -0.2) is 65.2 Å². The van der Waals surface area contributed by atoms with E-state index in [1.807, 2.05) is 0 Å². The van der Waals surface area contributed by atoms with Crippen LogP contribution in [0.1, 0.15) is 25.7 Å². The molecule has 4 atom stereocenters. The number of Topliss-reactive ketones (excluding diaryl/α,β-unsaturated/α-hetero) is 1. The van der Waals surface area contributed by atoms with E-state index in [4.69, 9.17) is 0 Å². The van der Waals surface area contributed by atoms with Crippen LogP contribution in [0, 0.1) is 5.92 Å². The van der Waals surface area contributed by atoms with Crippen molar-refractivity contribution in [2.75, 3.05) is 13.2 Å². The fourth-order valence-corrected chi connectivity index (χ4v) is 3.03. The summed E-state index contributed by atoms with van der Waals surface area (Å²) in [6.45, 7) is -2.95. The van der Waals surface area contributed by atoms with Crippen LogP contribution >= 0.6 is 0 Å². The lowest BCUT2D eigenvalue weighted by molar-refractivity contribution is -0.129. The second-order valence-electron chi connectivity index (χ2n) is 6.16. The van der Waals surface area contributed by atoms with Gasteiger partial charge in [0.05, 0.1) is 12.6 Å². The maximum Gasteiger partial charge on any atom is 0.345 e. The second-order valence-corrected chi connectivity index (χ2v) is 6.16. The van der Waals surface area contributed by atoms with Crippen LogP contribution in [0.25, 0.3) is 0 Å². The number of rotatable bonds is 6. The second kappa shape index (κ2) is 8.25. The standard InChI is InChI=1S/C15H23F2NO5/c16-15(17)23-7-9-5-11(13(21)14(22)12(9)20)18-6-8-1-3-10(19)4-2-8/h5,8,11-15,18,20-22H,1-4,6-7H2/t11-,12+,13+,14+/m1/s1. The number of ketones is 1. The Balaban J connectivity index is 1.93. The number of carbonyl (C=O) groups excluding carboxylic acids is 1. The van der Waals surface area contributed by atoms with Crippen LogP contribution in [0.2, 0.25) is 0 Å². The van der Waals surface area contributed by atoms with Crippen LogP contribution in [0.3, 0.4) is 0 Å². The Morgan fingerprint density at radius 1 is 1.22 bits per heavy atom. The molecule has 4 N–H and O–H groups in total. The molecule has 1 saturated carbocycles. The largest absolute Gasteiger partial charge is 0.388 e. The molecule has 0 amide bonds. The molecule has 0 radical (unpaired) electrons. The topological polar surface area (TPSA) is 99.0 Å². The quantitative estimate of drug-likeness (QED) is 0.509. The van der Waals surface area contributed by atoms with Crippen molar-refractivity contribution in [1.29, 1.82) is 0 Å². The van der Waals surface area contributed by atoms with E-state index in [2.05, 4.69) is 10.1 Å². The molecular weight excluding hydrogens is 312 g/mol. The molecule has 0 aromatic carbocycles. The van der Waals surface area contributed by atoms with Crippen molar-refractivity contribution in [2.45, 2.75) is 56.6 Å². The van der Waals surface area contributed by atoms with Crippen molar-refractivity contribution in [2.24, 2.45) is 5.92 Å². The molecule has 0 aliphatic heterocycles. The van der Waals surface area contributed by atoms with Gasteiger partial charge in [0.1, 0.15) is 24.1 Å². The summed E-state index contributed by atoms with van der Waals surface area (Å²) in [5.74, 6) is 0.543. The summed E-state index contributed by atoms with van der Waals surface area (Å²) >= 11 is 0. The molecule has 0 bridgehead atoms. The highest BCUT2D eigenvalue weighted by molar-refractivity contribution is 5.79. The Morgan fingerprint density at radius 2 is 1.87 bits per heavy atom.